The fourth-order valence-electron chi connectivity index (χ4n) is 3.02. The van der Waals surface area contributed by atoms with Crippen LogP contribution in [0.25, 0.3) is 0 Å². The van der Waals surface area contributed by atoms with Crippen molar-refractivity contribution in [3.8, 4) is 0 Å². The highest BCUT2D eigenvalue weighted by Crippen LogP contribution is 2.17. The normalized spacial score (nSPS) is 13.8. The van der Waals surface area contributed by atoms with Gasteiger partial charge in [-0.2, -0.15) is 0 Å². The van der Waals surface area contributed by atoms with Crippen molar-refractivity contribution in [1.82, 2.24) is 10.2 Å². The minimum atomic E-state index is -0.0932. The van der Waals surface area contributed by atoms with Gasteiger partial charge in [-0.25, -0.2) is 0 Å². The summed E-state index contributed by atoms with van der Waals surface area (Å²) in [6.45, 7) is 4.08. The number of likely N-dealkylation sites (tertiary alicyclic amines) is 1. The van der Waals surface area contributed by atoms with Crippen molar-refractivity contribution in [3.05, 3.63) is 68.3 Å². The quantitative estimate of drug-likeness (QED) is 0.725. The Kier molecular flexibility index (Phi) is 5.73. The number of rotatable bonds is 4. The summed E-state index contributed by atoms with van der Waals surface area (Å²) in [5, 5.41) is 2.95. The molecule has 1 heterocycles. The number of halogens is 1. The first-order valence-electron chi connectivity index (χ1n) is 8.48. The zero-order chi connectivity index (χ0) is 17.8. The van der Waals surface area contributed by atoms with Crippen LogP contribution in [0.3, 0.4) is 0 Å². The Morgan fingerprint density at radius 2 is 1.84 bits per heavy atom. The van der Waals surface area contributed by atoms with E-state index in [0.717, 1.165) is 40.6 Å². The Bertz CT molecular complexity index is 798. The van der Waals surface area contributed by atoms with Crippen molar-refractivity contribution >= 4 is 34.4 Å². The standard InChI is InChI=1S/C20H21IN2O2/c1-14-6-4-9-17(18(14)21)19(24)22-13-15-7-5-8-16(12-15)20(25)23-10-2-3-11-23/h4-9,12H,2-3,10-11,13H2,1H3,(H,22,24). The molecule has 130 valence electrons. The summed E-state index contributed by atoms with van der Waals surface area (Å²) < 4.78 is 0.968. The van der Waals surface area contributed by atoms with E-state index in [9.17, 15) is 9.59 Å². The molecular weight excluding hydrogens is 427 g/mol. The van der Waals surface area contributed by atoms with Gasteiger partial charge in [0.15, 0.2) is 0 Å². The Morgan fingerprint density at radius 1 is 1.12 bits per heavy atom. The SMILES string of the molecule is Cc1cccc(C(=O)NCc2cccc(C(=O)N3CCCC3)c2)c1I. The van der Waals surface area contributed by atoms with Crippen molar-refractivity contribution < 1.29 is 9.59 Å². The van der Waals surface area contributed by atoms with Gasteiger partial charge in [-0.15, -0.1) is 0 Å². The van der Waals surface area contributed by atoms with Gasteiger partial charge in [-0.05, 0) is 71.7 Å². The molecule has 2 aromatic rings. The van der Waals surface area contributed by atoms with Crippen LogP contribution in [0.1, 0.15) is 44.7 Å². The van der Waals surface area contributed by atoms with Gasteiger partial charge in [-0.1, -0.05) is 24.3 Å². The molecule has 2 amide bonds. The molecular formula is C20H21IN2O2. The van der Waals surface area contributed by atoms with Crippen LogP contribution >= 0.6 is 22.6 Å². The summed E-state index contributed by atoms with van der Waals surface area (Å²) in [6.07, 6.45) is 2.16. The van der Waals surface area contributed by atoms with E-state index in [-0.39, 0.29) is 11.8 Å². The molecule has 0 unspecified atom stereocenters. The lowest BCUT2D eigenvalue weighted by molar-refractivity contribution is 0.0792. The molecule has 2 aromatic carbocycles. The van der Waals surface area contributed by atoms with Crippen LogP contribution in [0.15, 0.2) is 42.5 Å². The second-order valence-corrected chi connectivity index (χ2v) is 7.40. The molecule has 0 aliphatic carbocycles. The number of nitrogens with one attached hydrogen (secondary N) is 1. The summed E-state index contributed by atoms with van der Waals surface area (Å²) >= 11 is 2.20. The minimum Gasteiger partial charge on any atom is -0.348 e. The van der Waals surface area contributed by atoms with Gasteiger partial charge in [0.25, 0.3) is 11.8 Å². The van der Waals surface area contributed by atoms with Crippen molar-refractivity contribution in [1.29, 1.82) is 0 Å². The maximum absolute atomic E-state index is 12.5. The molecule has 25 heavy (non-hydrogen) atoms. The zero-order valence-electron chi connectivity index (χ0n) is 14.2. The molecule has 3 rings (SSSR count). The van der Waals surface area contributed by atoms with E-state index < -0.39 is 0 Å². The van der Waals surface area contributed by atoms with Gasteiger partial charge in [0.1, 0.15) is 0 Å². The van der Waals surface area contributed by atoms with E-state index in [2.05, 4.69) is 27.9 Å². The number of carbonyl (C=O) groups excluding carboxylic acids is 2. The topological polar surface area (TPSA) is 49.4 Å². The Labute approximate surface area is 161 Å². The smallest absolute Gasteiger partial charge is 0.253 e. The lowest BCUT2D eigenvalue weighted by atomic mass is 10.1. The van der Waals surface area contributed by atoms with Crippen molar-refractivity contribution in [2.45, 2.75) is 26.3 Å². The summed E-state index contributed by atoms with van der Waals surface area (Å²) in [4.78, 5) is 26.8. The molecule has 1 fully saturated rings. The average Bonchev–Trinajstić information content (AvgIpc) is 3.16. The highest BCUT2D eigenvalue weighted by molar-refractivity contribution is 14.1. The van der Waals surface area contributed by atoms with Crippen molar-refractivity contribution in [2.75, 3.05) is 13.1 Å². The fourth-order valence-corrected chi connectivity index (χ4v) is 3.62. The molecule has 0 saturated carbocycles. The molecule has 0 atom stereocenters. The van der Waals surface area contributed by atoms with E-state index in [1.54, 1.807) is 0 Å². The number of nitrogens with zero attached hydrogens (tertiary/aromatic N) is 1. The van der Waals surface area contributed by atoms with E-state index in [0.29, 0.717) is 17.7 Å². The van der Waals surface area contributed by atoms with Crippen LogP contribution < -0.4 is 5.32 Å². The predicted molar refractivity (Wildman–Crippen MR) is 107 cm³/mol. The van der Waals surface area contributed by atoms with E-state index in [1.165, 1.54) is 0 Å². The Morgan fingerprint density at radius 3 is 2.60 bits per heavy atom. The molecule has 0 spiro atoms. The fraction of sp³-hybridized carbons (Fsp3) is 0.300. The van der Waals surface area contributed by atoms with Gasteiger partial charge in [0.2, 0.25) is 0 Å². The van der Waals surface area contributed by atoms with Crippen LogP contribution in [-0.2, 0) is 6.54 Å². The third-order valence-electron chi connectivity index (χ3n) is 4.46. The van der Waals surface area contributed by atoms with E-state index >= 15 is 0 Å². The molecule has 0 aromatic heterocycles. The number of amides is 2. The molecule has 5 heteroatoms. The molecule has 0 bridgehead atoms. The highest BCUT2D eigenvalue weighted by Gasteiger charge is 2.19. The van der Waals surface area contributed by atoms with Crippen LogP contribution in [0.5, 0.6) is 0 Å². The van der Waals surface area contributed by atoms with Crippen LogP contribution in [-0.4, -0.2) is 29.8 Å². The monoisotopic (exact) mass is 448 g/mol. The Balaban J connectivity index is 1.67. The largest absolute Gasteiger partial charge is 0.348 e. The first kappa shape index (κ1) is 17.9. The summed E-state index contributed by atoms with van der Waals surface area (Å²) in [6, 6.07) is 13.2. The second-order valence-electron chi connectivity index (χ2n) is 6.32. The van der Waals surface area contributed by atoms with Crippen molar-refractivity contribution in [3.63, 3.8) is 0 Å². The molecule has 1 N–H and O–H groups in total. The highest BCUT2D eigenvalue weighted by atomic mass is 127. The maximum atomic E-state index is 12.5. The van der Waals surface area contributed by atoms with Gasteiger partial charge >= 0.3 is 0 Å². The van der Waals surface area contributed by atoms with E-state index in [4.69, 9.17) is 0 Å². The van der Waals surface area contributed by atoms with Gasteiger partial charge in [0, 0.05) is 28.8 Å². The third-order valence-corrected chi connectivity index (χ3v) is 5.89. The van der Waals surface area contributed by atoms with Crippen LogP contribution in [0.4, 0.5) is 0 Å². The summed E-state index contributed by atoms with van der Waals surface area (Å²) in [5.41, 5.74) is 3.40. The van der Waals surface area contributed by atoms with Crippen LogP contribution in [0, 0.1) is 10.5 Å². The minimum absolute atomic E-state index is 0.0823. The van der Waals surface area contributed by atoms with Gasteiger partial charge < -0.3 is 10.2 Å². The average molecular weight is 448 g/mol. The molecule has 1 saturated heterocycles. The van der Waals surface area contributed by atoms with Gasteiger partial charge in [0.05, 0.1) is 5.56 Å². The van der Waals surface area contributed by atoms with Gasteiger partial charge in [-0.3, -0.25) is 9.59 Å². The molecule has 1 aliphatic rings. The zero-order valence-corrected chi connectivity index (χ0v) is 16.4. The first-order valence-corrected chi connectivity index (χ1v) is 9.55. The third kappa shape index (κ3) is 4.21. The number of hydrogen-bond acceptors (Lipinski definition) is 2. The lowest BCUT2D eigenvalue weighted by Crippen LogP contribution is -2.28. The Hall–Kier alpha value is -1.89. The summed E-state index contributed by atoms with van der Waals surface area (Å²) in [7, 11) is 0. The summed E-state index contributed by atoms with van der Waals surface area (Å²) in [5.74, 6) is -0.0109. The second kappa shape index (κ2) is 7.99. The number of aryl methyl sites for hydroxylation is 1. The predicted octanol–water partition coefficient (Wildman–Crippen LogP) is 3.77. The maximum Gasteiger partial charge on any atom is 0.253 e. The van der Waals surface area contributed by atoms with Crippen LogP contribution in [0.2, 0.25) is 0 Å². The first-order chi connectivity index (χ1) is 12.1. The lowest BCUT2D eigenvalue weighted by Gasteiger charge is -2.16. The number of benzene rings is 2. The molecule has 1 aliphatic heterocycles. The van der Waals surface area contributed by atoms with Crippen molar-refractivity contribution in [2.24, 2.45) is 0 Å². The van der Waals surface area contributed by atoms with E-state index in [1.807, 2.05) is 54.3 Å². The number of carbonyl (C=O) groups is 2. The molecule has 0 radical (unpaired) electrons. The number of hydrogen-bond donors (Lipinski definition) is 1. The molecule has 4 nitrogen and oxygen atoms in total.